The second kappa shape index (κ2) is 6.19. The number of hydrogen-bond donors (Lipinski definition) is 1. The Morgan fingerprint density at radius 3 is 2.79 bits per heavy atom. The molecule has 2 aromatic heterocycles. The monoisotopic (exact) mass is 340 g/mol. The Kier molecular flexibility index (Phi) is 4.22. The lowest BCUT2D eigenvalue weighted by molar-refractivity contribution is -0.137. The average molecular weight is 340 g/mol. The van der Waals surface area contributed by atoms with Crippen molar-refractivity contribution in [2.75, 3.05) is 19.6 Å². The van der Waals surface area contributed by atoms with Crippen molar-refractivity contribution in [2.45, 2.75) is 19.1 Å². The number of piperazine rings is 1. The van der Waals surface area contributed by atoms with Gasteiger partial charge in [-0.25, -0.2) is 9.67 Å². The Bertz CT molecular complexity index is 727. The van der Waals surface area contributed by atoms with Crippen LogP contribution in [0.1, 0.15) is 23.0 Å². The standard InChI is InChI=1S/C14H15F3N6O/c1-9-7-22(5-4-18-9)13(24)11-8-23(21-20-11)12-3-2-10(6-19-12)14(15,16)17/h2-3,6,8-9,18H,4-5,7H2,1H3. The molecule has 0 spiro atoms. The third kappa shape index (κ3) is 3.37. The fourth-order valence-corrected chi connectivity index (χ4v) is 2.44. The zero-order chi connectivity index (χ0) is 17.3. The number of alkyl halides is 3. The summed E-state index contributed by atoms with van der Waals surface area (Å²) in [6, 6.07) is 2.27. The Morgan fingerprint density at radius 1 is 1.38 bits per heavy atom. The molecule has 0 radical (unpaired) electrons. The van der Waals surface area contributed by atoms with Crippen LogP contribution in [0.15, 0.2) is 24.5 Å². The van der Waals surface area contributed by atoms with Gasteiger partial charge < -0.3 is 10.2 Å². The predicted octanol–water partition coefficient (Wildman–Crippen LogP) is 1.11. The minimum Gasteiger partial charge on any atom is -0.334 e. The largest absolute Gasteiger partial charge is 0.417 e. The van der Waals surface area contributed by atoms with Gasteiger partial charge in [0.1, 0.15) is 0 Å². The van der Waals surface area contributed by atoms with Gasteiger partial charge in [0.15, 0.2) is 11.5 Å². The molecule has 1 aliphatic rings. The summed E-state index contributed by atoms with van der Waals surface area (Å²) < 4.78 is 38.8. The number of hydrogen-bond acceptors (Lipinski definition) is 5. The van der Waals surface area contributed by atoms with Crippen LogP contribution in [0.4, 0.5) is 13.2 Å². The molecule has 1 saturated heterocycles. The summed E-state index contributed by atoms with van der Waals surface area (Å²) in [4.78, 5) is 17.8. The average Bonchev–Trinajstić information content (AvgIpc) is 3.03. The minimum absolute atomic E-state index is 0.130. The molecular formula is C14H15F3N6O. The molecule has 1 amide bonds. The molecule has 1 unspecified atom stereocenters. The molecule has 10 heteroatoms. The summed E-state index contributed by atoms with van der Waals surface area (Å²) in [5.74, 6) is -0.107. The zero-order valence-electron chi connectivity index (χ0n) is 12.8. The maximum absolute atomic E-state index is 12.5. The number of carbonyl (C=O) groups excluding carboxylic acids is 1. The van der Waals surface area contributed by atoms with Crippen molar-refractivity contribution in [3.05, 3.63) is 35.8 Å². The molecule has 1 N–H and O–H groups in total. The number of halogens is 3. The van der Waals surface area contributed by atoms with Gasteiger partial charge in [-0.1, -0.05) is 5.21 Å². The molecule has 1 aliphatic heterocycles. The van der Waals surface area contributed by atoms with E-state index in [0.717, 1.165) is 12.3 Å². The van der Waals surface area contributed by atoms with Gasteiger partial charge in [-0.3, -0.25) is 4.79 Å². The number of nitrogens with one attached hydrogen (secondary N) is 1. The van der Waals surface area contributed by atoms with E-state index in [9.17, 15) is 18.0 Å². The summed E-state index contributed by atoms with van der Waals surface area (Å²) in [5.41, 5.74) is -0.719. The van der Waals surface area contributed by atoms with E-state index in [1.807, 2.05) is 6.92 Å². The molecular weight excluding hydrogens is 325 g/mol. The predicted molar refractivity (Wildman–Crippen MR) is 77.5 cm³/mol. The Balaban J connectivity index is 1.76. The van der Waals surface area contributed by atoms with E-state index in [0.29, 0.717) is 19.6 Å². The van der Waals surface area contributed by atoms with Crippen LogP contribution in [0.25, 0.3) is 5.82 Å². The topological polar surface area (TPSA) is 75.9 Å². The zero-order valence-corrected chi connectivity index (χ0v) is 12.8. The van der Waals surface area contributed by atoms with Crippen LogP contribution < -0.4 is 5.32 Å². The normalized spacial score (nSPS) is 18.7. The van der Waals surface area contributed by atoms with Crippen molar-refractivity contribution in [1.29, 1.82) is 0 Å². The van der Waals surface area contributed by atoms with Gasteiger partial charge in [0.05, 0.1) is 11.8 Å². The first kappa shape index (κ1) is 16.4. The van der Waals surface area contributed by atoms with Gasteiger partial charge >= 0.3 is 6.18 Å². The van der Waals surface area contributed by atoms with Gasteiger partial charge in [-0.15, -0.1) is 5.10 Å². The molecule has 128 valence electrons. The lowest BCUT2D eigenvalue weighted by atomic mass is 10.2. The smallest absolute Gasteiger partial charge is 0.334 e. The van der Waals surface area contributed by atoms with Crippen molar-refractivity contribution < 1.29 is 18.0 Å². The van der Waals surface area contributed by atoms with E-state index in [2.05, 4.69) is 20.6 Å². The van der Waals surface area contributed by atoms with Crippen LogP contribution >= 0.6 is 0 Å². The van der Waals surface area contributed by atoms with Crippen LogP contribution in [0.2, 0.25) is 0 Å². The van der Waals surface area contributed by atoms with E-state index in [-0.39, 0.29) is 23.5 Å². The maximum atomic E-state index is 12.5. The highest BCUT2D eigenvalue weighted by Gasteiger charge is 2.31. The van der Waals surface area contributed by atoms with Gasteiger partial charge in [0.25, 0.3) is 5.91 Å². The Hall–Kier alpha value is -2.49. The molecule has 0 bridgehead atoms. The molecule has 0 aliphatic carbocycles. The molecule has 0 aromatic carbocycles. The van der Waals surface area contributed by atoms with Crippen molar-refractivity contribution in [2.24, 2.45) is 0 Å². The Morgan fingerprint density at radius 2 is 2.17 bits per heavy atom. The van der Waals surface area contributed by atoms with Crippen molar-refractivity contribution in [3.63, 3.8) is 0 Å². The molecule has 7 nitrogen and oxygen atoms in total. The van der Waals surface area contributed by atoms with Crippen LogP contribution in [0.3, 0.4) is 0 Å². The van der Waals surface area contributed by atoms with E-state index < -0.39 is 11.7 Å². The first-order valence-corrected chi connectivity index (χ1v) is 7.33. The first-order valence-electron chi connectivity index (χ1n) is 7.33. The molecule has 1 fully saturated rings. The van der Waals surface area contributed by atoms with E-state index in [1.54, 1.807) is 4.90 Å². The lowest BCUT2D eigenvalue weighted by Gasteiger charge is -2.31. The van der Waals surface area contributed by atoms with Crippen molar-refractivity contribution in [1.82, 2.24) is 30.2 Å². The van der Waals surface area contributed by atoms with Crippen LogP contribution in [0, 0.1) is 0 Å². The second-order valence-electron chi connectivity index (χ2n) is 5.56. The summed E-state index contributed by atoms with van der Waals surface area (Å²) in [6.45, 7) is 3.79. The Labute approximate surface area is 135 Å². The van der Waals surface area contributed by atoms with Gasteiger partial charge in [-0.2, -0.15) is 13.2 Å². The summed E-state index contributed by atoms with van der Waals surface area (Å²) in [6.07, 6.45) is -2.37. The van der Waals surface area contributed by atoms with Crippen LogP contribution in [0.5, 0.6) is 0 Å². The number of rotatable bonds is 2. The van der Waals surface area contributed by atoms with E-state index in [4.69, 9.17) is 0 Å². The SMILES string of the molecule is CC1CN(C(=O)c2cn(-c3ccc(C(F)(F)F)cn3)nn2)CCN1. The summed E-state index contributed by atoms with van der Waals surface area (Å²) >= 11 is 0. The van der Waals surface area contributed by atoms with Gasteiger partial charge in [0.2, 0.25) is 0 Å². The minimum atomic E-state index is -4.45. The number of amides is 1. The molecule has 1 atom stereocenters. The molecule has 3 heterocycles. The van der Waals surface area contributed by atoms with E-state index in [1.165, 1.54) is 16.9 Å². The molecule has 2 aromatic rings. The fourth-order valence-electron chi connectivity index (χ4n) is 2.44. The fraction of sp³-hybridized carbons (Fsp3) is 0.429. The number of pyridine rings is 1. The van der Waals surface area contributed by atoms with Gasteiger partial charge in [0, 0.05) is 31.9 Å². The molecule has 3 rings (SSSR count). The number of nitrogens with zero attached hydrogens (tertiary/aromatic N) is 5. The van der Waals surface area contributed by atoms with Crippen molar-refractivity contribution in [3.8, 4) is 5.82 Å². The third-order valence-corrected chi connectivity index (χ3v) is 3.68. The lowest BCUT2D eigenvalue weighted by Crippen LogP contribution is -2.51. The highest BCUT2D eigenvalue weighted by molar-refractivity contribution is 5.92. The number of aromatic nitrogens is 4. The highest BCUT2D eigenvalue weighted by Crippen LogP contribution is 2.28. The third-order valence-electron chi connectivity index (χ3n) is 3.68. The van der Waals surface area contributed by atoms with E-state index >= 15 is 0 Å². The highest BCUT2D eigenvalue weighted by atomic mass is 19.4. The van der Waals surface area contributed by atoms with Crippen LogP contribution in [-0.4, -0.2) is 56.5 Å². The maximum Gasteiger partial charge on any atom is 0.417 e. The summed E-state index contributed by atoms with van der Waals surface area (Å²) in [5, 5.41) is 10.8. The number of carbonyl (C=O) groups is 1. The first-order chi connectivity index (χ1) is 11.3. The van der Waals surface area contributed by atoms with Crippen LogP contribution in [-0.2, 0) is 6.18 Å². The molecule has 24 heavy (non-hydrogen) atoms. The molecule has 0 saturated carbocycles. The van der Waals surface area contributed by atoms with Crippen molar-refractivity contribution >= 4 is 5.91 Å². The van der Waals surface area contributed by atoms with Gasteiger partial charge in [-0.05, 0) is 19.1 Å². The summed E-state index contributed by atoms with van der Waals surface area (Å²) in [7, 11) is 0. The second-order valence-corrected chi connectivity index (χ2v) is 5.56. The quantitative estimate of drug-likeness (QED) is 0.886.